The van der Waals surface area contributed by atoms with Crippen molar-refractivity contribution < 1.29 is 0 Å². The Balaban J connectivity index is 1.92. The second-order valence-electron chi connectivity index (χ2n) is 5.87. The van der Waals surface area contributed by atoms with E-state index in [1.165, 1.54) is 38.6 Å². The monoisotopic (exact) mass is 284 g/mol. The quantitative estimate of drug-likeness (QED) is 0.480. The van der Waals surface area contributed by atoms with Crippen LogP contribution in [0, 0.1) is 0 Å². The van der Waals surface area contributed by atoms with Crippen molar-refractivity contribution in [3.8, 4) is 11.1 Å². The van der Waals surface area contributed by atoms with E-state index in [-0.39, 0.29) is 0 Å². The van der Waals surface area contributed by atoms with Gasteiger partial charge in [0, 0.05) is 57.8 Å². The van der Waals surface area contributed by atoms with Crippen LogP contribution >= 0.6 is 0 Å². The van der Waals surface area contributed by atoms with Gasteiger partial charge in [0.25, 0.3) is 0 Å². The van der Waals surface area contributed by atoms with E-state index in [2.05, 4.69) is 76.4 Å². The second-order valence-corrected chi connectivity index (χ2v) is 5.87. The maximum Gasteiger partial charge on any atom is 0.0492 e. The first-order valence-corrected chi connectivity index (χ1v) is 7.75. The third-order valence-electron chi connectivity index (χ3n) is 4.70. The van der Waals surface area contributed by atoms with Gasteiger partial charge in [-0.05, 0) is 12.1 Å². The van der Waals surface area contributed by atoms with Crippen LogP contribution in [-0.2, 0) is 13.0 Å². The minimum Gasteiger partial charge on any atom is -0.361 e. The largest absolute Gasteiger partial charge is 0.361 e. The Morgan fingerprint density at radius 1 is 0.864 bits per heavy atom. The van der Waals surface area contributed by atoms with Gasteiger partial charge in [-0.1, -0.05) is 48.6 Å². The molecule has 4 aromatic rings. The molecule has 0 spiro atoms. The summed E-state index contributed by atoms with van der Waals surface area (Å²) >= 11 is 0. The minimum absolute atomic E-state index is 0.970. The molecule has 1 aliphatic heterocycles. The van der Waals surface area contributed by atoms with Crippen LogP contribution in [0.2, 0.25) is 0 Å². The normalized spacial score (nSPS) is 13.8. The zero-order valence-corrected chi connectivity index (χ0v) is 12.2. The molecule has 5 rings (SSSR count). The highest BCUT2D eigenvalue weighted by Crippen LogP contribution is 2.39. The van der Waals surface area contributed by atoms with E-state index in [1.807, 2.05) is 0 Å². The summed E-state index contributed by atoms with van der Waals surface area (Å²) in [5.41, 5.74) is 6.66. The van der Waals surface area contributed by atoms with Gasteiger partial charge >= 0.3 is 0 Å². The maximum absolute atomic E-state index is 3.42. The van der Waals surface area contributed by atoms with E-state index in [9.17, 15) is 0 Å². The van der Waals surface area contributed by atoms with E-state index in [0.717, 1.165) is 13.0 Å². The molecule has 2 aromatic heterocycles. The number of nitrogens with one attached hydrogen (secondary N) is 1. The number of hydrogen-bond acceptors (Lipinski definition) is 0. The number of aromatic nitrogens is 2. The van der Waals surface area contributed by atoms with Crippen LogP contribution in [-0.4, -0.2) is 9.55 Å². The van der Waals surface area contributed by atoms with E-state index in [0.29, 0.717) is 0 Å². The number of benzene rings is 2. The van der Waals surface area contributed by atoms with Gasteiger partial charge in [-0.25, -0.2) is 0 Å². The van der Waals surface area contributed by atoms with Crippen molar-refractivity contribution >= 4 is 21.8 Å². The molecular formula is C20H16N2. The molecule has 1 N–H and O–H groups in total. The van der Waals surface area contributed by atoms with Gasteiger partial charge in [-0.2, -0.15) is 0 Å². The highest BCUT2D eigenvalue weighted by atomic mass is 15.0. The number of H-pyrrole nitrogens is 1. The molecule has 3 heterocycles. The Morgan fingerprint density at radius 3 is 2.64 bits per heavy atom. The van der Waals surface area contributed by atoms with Crippen LogP contribution in [0.25, 0.3) is 32.9 Å². The third-order valence-corrected chi connectivity index (χ3v) is 4.70. The predicted octanol–water partition coefficient (Wildman–Crippen LogP) is 4.90. The molecule has 2 nitrogen and oxygen atoms in total. The lowest BCUT2D eigenvalue weighted by Gasteiger charge is -2.12. The first kappa shape index (κ1) is 11.9. The summed E-state index contributed by atoms with van der Waals surface area (Å²) in [5, 5.41) is 2.65. The molecule has 0 saturated carbocycles. The molecule has 106 valence electrons. The standard InChI is InChI=1S/C20H16N2/c1-3-9-17-14(7-1)16(13-21-17)20-15-8-2-4-10-18(15)22-12-6-5-11-19(20)22/h1-10,13,21H,11-12H2. The highest BCUT2D eigenvalue weighted by molar-refractivity contribution is 6.06. The molecule has 2 heteroatoms. The smallest absolute Gasteiger partial charge is 0.0492 e. The van der Waals surface area contributed by atoms with Crippen LogP contribution in [0.4, 0.5) is 0 Å². The Morgan fingerprint density at radius 2 is 1.68 bits per heavy atom. The lowest BCUT2D eigenvalue weighted by Crippen LogP contribution is -2.05. The van der Waals surface area contributed by atoms with Crippen LogP contribution in [0.5, 0.6) is 0 Å². The fourth-order valence-electron chi connectivity index (χ4n) is 3.73. The van der Waals surface area contributed by atoms with E-state index in [1.54, 1.807) is 0 Å². The molecule has 22 heavy (non-hydrogen) atoms. The zero-order chi connectivity index (χ0) is 14.5. The van der Waals surface area contributed by atoms with Crippen molar-refractivity contribution in [2.45, 2.75) is 13.0 Å². The Bertz CT molecular complexity index is 1030. The van der Waals surface area contributed by atoms with Crippen molar-refractivity contribution in [2.24, 2.45) is 0 Å². The summed E-state index contributed by atoms with van der Waals surface area (Å²) in [6.45, 7) is 0.970. The Labute approximate surface area is 128 Å². The van der Waals surface area contributed by atoms with Gasteiger partial charge in [-0.3, -0.25) is 0 Å². The van der Waals surface area contributed by atoms with Crippen LogP contribution in [0.1, 0.15) is 5.69 Å². The maximum atomic E-state index is 3.42. The van der Waals surface area contributed by atoms with Crippen LogP contribution in [0.15, 0.2) is 66.9 Å². The van der Waals surface area contributed by atoms with Crippen molar-refractivity contribution in [1.82, 2.24) is 9.55 Å². The number of hydrogen-bond donors (Lipinski definition) is 1. The summed E-state index contributed by atoms with van der Waals surface area (Å²) in [4.78, 5) is 3.42. The van der Waals surface area contributed by atoms with E-state index >= 15 is 0 Å². The Kier molecular flexibility index (Phi) is 2.36. The van der Waals surface area contributed by atoms with Gasteiger partial charge in [0.15, 0.2) is 0 Å². The first-order chi connectivity index (χ1) is 10.9. The summed E-state index contributed by atoms with van der Waals surface area (Å²) in [7, 11) is 0. The lowest BCUT2D eigenvalue weighted by atomic mass is 9.99. The second kappa shape index (κ2) is 4.38. The number of nitrogens with zero attached hydrogens (tertiary/aromatic N) is 1. The number of rotatable bonds is 1. The van der Waals surface area contributed by atoms with E-state index < -0.39 is 0 Å². The van der Waals surface area contributed by atoms with Crippen molar-refractivity contribution in [2.75, 3.05) is 0 Å². The average Bonchev–Trinajstić information content (AvgIpc) is 3.14. The molecule has 2 aromatic carbocycles. The molecule has 0 radical (unpaired) electrons. The number of para-hydroxylation sites is 2. The van der Waals surface area contributed by atoms with Gasteiger partial charge < -0.3 is 9.55 Å². The van der Waals surface area contributed by atoms with Crippen molar-refractivity contribution in [3.05, 3.63) is 72.6 Å². The highest BCUT2D eigenvalue weighted by Gasteiger charge is 2.20. The van der Waals surface area contributed by atoms with E-state index in [4.69, 9.17) is 0 Å². The summed E-state index contributed by atoms with van der Waals surface area (Å²) < 4.78 is 2.45. The molecule has 0 aliphatic carbocycles. The molecule has 0 atom stereocenters. The molecule has 1 aliphatic rings. The van der Waals surface area contributed by atoms with Gasteiger partial charge in [0.1, 0.15) is 0 Å². The van der Waals surface area contributed by atoms with Gasteiger partial charge in [-0.15, -0.1) is 0 Å². The molecule has 0 saturated heterocycles. The first-order valence-electron chi connectivity index (χ1n) is 7.75. The summed E-state index contributed by atoms with van der Waals surface area (Å²) in [6.07, 6.45) is 7.71. The topological polar surface area (TPSA) is 20.7 Å². The van der Waals surface area contributed by atoms with Crippen molar-refractivity contribution in [3.63, 3.8) is 0 Å². The third kappa shape index (κ3) is 1.49. The molecule has 0 unspecified atom stereocenters. The summed E-state index contributed by atoms with van der Waals surface area (Å²) in [5.74, 6) is 0. The number of allylic oxidation sites excluding steroid dienone is 2. The molecule has 0 fully saturated rings. The van der Waals surface area contributed by atoms with Crippen molar-refractivity contribution in [1.29, 1.82) is 0 Å². The van der Waals surface area contributed by atoms with Crippen LogP contribution < -0.4 is 0 Å². The fourth-order valence-corrected chi connectivity index (χ4v) is 3.73. The van der Waals surface area contributed by atoms with Gasteiger partial charge in [0.2, 0.25) is 0 Å². The lowest BCUT2D eigenvalue weighted by molar-refractivity contribution is 0.784. The number of aromatic amines is 1. The Hall–Kier alpha value is -2.74. The zero-order valence-electron chi connectivity index (χ0n) is 12.2. The SMILES string of the molecule is C1=CCn2c(c(-c3c[nH]c4ccccc34)c3ccccc32)C1. The minimum atomic E-state index is 0.970. The number of fused-ring (bicyclic) bond motifs is 4. The molecule has 0 amide bonds. The predicted molar refractivity (Wildman–Crippen MR) is 92.1 cm³/mol. The fraction of sp³-hybridized carbons (Fsp3) is 0.100. The summed E-state index contributed by atoms with van der Waals surface area (Å²) in [6, 6.07) is 17.3. The van der Waals surface area contributed by atoms with Gasteiger partial charge in [0.05, 0.1) is 0 Å². The molecule has 0 bridgehead atoms. The molecular weight excluding hydrogens is 268 g/mol. The average molecular weight is 284 g/mol. The van der Waals surface area contributed by atoms with Crippen LogP contribution in [0.3, 0.4) is 0 Å².